The van der Waals surface area contributed by atoms with E-state index in [1.54, 1.807) is 0 Å². The van der Waals surface area contributed by atoms with Crippen molar-refractivity contribution in [2.75, 3.05) is 6.61 Å². The van der Waals surface area contributed by atoms with Crippen molar-refractivity contribution in [3.05, 3.63) is 0 Å². The normalized spacial score (nSPS) is 10.8. The number of ether oxygens (including phenoxy) is 1. The smallest absolute Gasteiger partial charge is 0.383 e. The van der Waals surface area contributed by atoms with Gasteiger partial charge in [0, 0.05) is 0 Å². The van der Waals surface area contributed by atoms with Gasteiger partial charge in [-0.25, -0.2) is 4.79 Å². The van der Waals surface area contributed by atoms with Crippen molar-refractivity contribution in [2.45, 2.75) is 12.8 Å². The van der Waals surface area contributed by atoms with Gasteiger partial charge in [-0.15, -0.1) is 0 Å². The maximum Gasteiger partial charge on any atom is 0.383 e. The molecule has 0 atom stereocenters. The van der Waals surface area contributed by atoms with Gasteiger partial charge in [-0.05, 0) is 6.92 Å². The Bertz CT molecular complexity index is 177. The molecule has 0 saturated carbocycles. The van der Waals surface area contributed by atoms with Gasteiger partial charge in [0.25, 0.3) is 0 Å². The largest absolute Gasteiger partial charge is 0.543 e. The Hall–Kier alpha value is -1.20. The van der Waals surface area contributed by atoms with Crippen molar-refractivity contribution in [3.63, 3.8) is 0 Å². The lowest BCUT2D eigenvalue weighted by Gasteiger charge is -2.14. The summed E-state index contributed by atoms with van der Waals surface area (Å²) in [7, 11) is 0. The van der Waals surface area contributed by atoms with E-state index in [0.717, 1.165) is 0 Å². The van der Waals surface area contributed by atoms with E-state index in [0.29, 0.717) is 0 Å². The fourth-order valence-corrected chi connectivity index (χ4v) is 0.305. The molecule has 0 aliphatic carbocycles. The first-order chi connectivity index (χ1) is 4.92. The molecule has 0 aromatic rings. The average molecular weight is 167 g/mol. The summed E-state index contributed by atoms with van der Waals surface area (Å²) in [6.07, 6.45) is 0. The number of alkyl halides is 2. The third-order valence-corrected chi connectivity index (χ3v) is 0.788. The first-order valence-electron chi connectivity index (χ1n) is 2.69. The summed E-state index contributed by atoms with van der Waals surface area (Å²) in [6.45, 7) is 0.977. The zero-order valence-electron chi connectivity index (χ0n) is 5.60. The molecule has 0 radical (unpaired) electrons. The third kappa shape index (κ3) is 2.14. The lowest BCUT2D eigenvalue weighted by molar-refractivity contribution is -0.327. The van der Waals surface area contributed by atoms with Crippen LogP contribution in [0.15, 0.2) is 0 Å². The van der Waals surface area contributed by atoms with Gasteiger partial charge in [0.05, 0.1) is 6.61 Å². The van der Waals surface area contributed by atoms with Crippen LogP contribution in [0, 0.1) is 0 Å². The minimum absolute atomic E-state index is 0.304. The van der Waals surface area contributed by atoms with Crippen molar-refractivity contribution >= 4 is 11.9 Å². The minimum Gasteiger partial charge on any atom is -0.543 e. The fraction of sp³-hybridized carbons (Fsp3) is 0.600. The predicted molar refractivity (Wildman–Crippen MR) is 26.6 cm³/mol. The van der Waals surface area contributed by atoms with E-state index in [2.05, 4.69) is 4.74 Å². The maximum atomic E-state index is 12.0. The van der Waals surface area contributed by atoms with Crippen molar-refractivity contribution in [2.24, 2.45) is 0 Å². The second kappa shape index (κ2) is 3.27. The molecule has 0 N–H and O–H groups in total. The van der Waals surface area contributed by atoms with Crippen LogP contribution in [-0.2, 0) is 14.3 Å². The first kappa shape index (κ1) is 9.80. The Labute approximate surface area is 60.8 Å². The lowest BCUT2D eigenvalue weighted by atomic mass is 10.3. The molecule has 0 amide bonds. The van der Waals surface area contributed by atoms with Crippen LogP contribution in [-0.4, -0.2) is 24.5 Å². The Morgan fingerprint density at radius 1 is 1.55 bits per heavy atom. The topological polar surface area (TPSA) is 66.4 Å². The summed E-state index contributed by atoms with van der Waals surface area (Å²) in [6, 6.07) is 0. The second-order valence-corrected chi connectivity index (χ2v) is 1.58. The number of carbonyl (C=O) groups excluding carboxylic acids is 2. The van der Waals surface area contributed by atoms with Crippen molar-refractivity contribution in [1.82, 2.24) is 0 Å². The molecule has 0 aliphatic rings. The van der Waals surface area contributed by atoms with Gasteiger partial charge >= 0.3 is 11.9 Å². The van der Waals surface area contributed by atoms with Crippen LogP contribution in [0.4, 0.5) is 8.78 Å². The van der Waals surface area contributed by atoms with Gasteiger partial charge in [-0.3, -0.25) is 0 Å². The molecular weight excluding hydrogens is 162 g/mol. The molecule has 0 heterocycles. The van der Waals surface area contributed by atoms with E-state index in [-0.39, 0.29) is 6.61 Å². The molecule has 0 aromatic heterocycles. The van der Waals surface area contributed by atoms with Crippen LogP contribution in [0.25, 0.3) is 0 Å². The van der Waals surface area contributed by atoms with Gasteiger partial charge in [0.15, 0.2) is 0 Å². The molecule has 0 fully saturated rings. The summed E-state index contributed by atoms with van der Waals surface area (Å²) >= 11 is 0. The van der Waals surface area contributed by atoms with E-state index < -0.39 is 17.9 Å². The molecule has 0 bridgehead atoms. The number of hydrogen-bond acceptors (Lipinski definition) is 4. The Morgan fingerprint density at radius 2 is 2.00 bits per heavy atom. The SMILES string of the molecule is CCOC(=O)C(F)(F)C(=O)[O-]. The summed E-state index contributed by atoms with van der Waals surface area (Å²) in [5, 5.41) is 9.58. The number of aliphatic carboxylic acids is 1. The van der Waals surface area contributed by atoms with Crippen molar-refractivity contribution < 1.29 is 28.2 Å². The highest BCUT2D eigenvalue weighted by Crippen LogP contribution is 2.13. The van der Waals surface area contributed by atoms with E-state index in [9.17, 15) is 23.5 Å². The Kier molecular flexibility index (Phi) is 2.91. The van der Waals surface area contributed by atoms with Crippen molar-refractivity contribution in [1.29, 1.82) is 0 Å². The van der Waals surface area contributed by atoms with Gasteiger partial charge in [0.2, 0.25) is 0 Å². The molecule has 0 spiro atoms. The van der Waals surface area contributed by atoms with Crippen LogP contribution in [0.2, 0.25) is 0 Å². The zero-order valence-corrected chi connectivity index (χ0v) is 5.60. The summed E-state index contributed by atoms with van der Waals surface area (Å²) in [4.78, 5) is 19.7. The van der Waals surface area contributed by atoms with E-state index in [1.807, 2.05) is 0 Å². The molecular formula is C5H5F2O4-. The molecule has 0 saturated heterocycles. The summed E-state index contributed by atoms with van der Waals surface area (Å²) in [5.74, 6) is -9.40. The fourth-order valence-electron chi connectivity index (χ4n) is 0.305. The number of hydrogen-bond donors (Lipinski definition) is 0. The highest BCUT2D eigenvalue weighted by molar-refractivity contribution is 5.99. The predicted octanol–water partition coefficient (Wildman–Crippen LogP) is -1.07. The van der Waals surface area contributed by atoms with Gasteiger partial charge in [0.1, 0.15) is 5.97 Å². The number of carbonyl (C=O) groups is 2. The number of halogens is 2. The quantitative estimate of drug-likeness (QED) is 0.396. The average Bonchev–Trinajstić information content (AvgIpc) is 1.88. The zero-order chi connectivity index (χ0) is 9.07. The van der Waals surface area contributed by atoms with Crippen molar-refractivity contribution in [3.8, 4) is 0 Å². The van der Waals surface area contributed by atoms with Crippen LogP contribution in [0.3, 0.4) is 0 Å². The first-order valence-corrected chi connectivity index (χ1v) is 2.69. The lowest BCUT2D eigenvalue weighted by Crippen LogP contribution is -2.48. The Morgan fingerprint density at radius 3 is 2.27 bits per heavy atom. The van der Waals surface area contributed by atoms with Gasteiger partial charge in [-0.1, -0.05) is 0 Å². The van der Waals surface area contributed by atoms with E-state index in [1.165, 1.54) is 6.92 Å². The second-order valence-electron chi connectivity index (χ2n) is 1.58. The number of rotatable bonds is 3. The van der Waals surface area contributed by atoms with E-state index in [4.69, 9.17) is 0 Å². The summed E-state index contributed by atoms with van der Waals surface area (Å²) < 4.78 is 27.7. The van der Waals surface area contributed by atoms with Crippen LogP contribution in [0.1, 0.15) is 6.92 Å². The minimum atomic E-state index is -4.55. The van der Waals surface area contributed by atoms with Gasteiger partial charge in [-0.2, -0.15) is 8.78 Å². The van der Waals surface area contributed by atoms with Crippen LogP contribution in [0.5, 0.6) is 0 Å². The van der Waals surface area contributed by atoms with Crippen LogP contribution >= 0.6 is 0 Å². The standard InChI is InChI=1S/C5H6F2O4/c1-2-11-4(10)5(6,7)3(8)9/h2H2,1H3,(H,8,9)/p-1. The maximum absolute atomic E-state index is 12.0. The van der Waals surface area contributed by atoms with Gasteiger partial charge < -0.3 is 14.6 Å². The molecule has 0 unspecified atom stereocenters. The molecule has 6 heteroatoms. The highest BCUT2D eigenvalue weighted by Gasteiger charge is 2.42. The molecule has 0 aromatic carbocycles. The monoisotopic (exact) mass is 167 g/mol. The molecule has 11 heavy (non-hydrogen) atoms. The molecule has 0 rings (SSSR count). The number of carboxylic acid groups (broad SMARTS) is 1. The van der Waals surface area contributed by atoms with E-state index >= 15 is 0 Å². The molecule has 4 nitrogen and oxygen atoms in total. The number of carboxylic acids is 1. The third-order valence-electron chi connectivity index (χ3n) is 0.788. The number of esters is 1. The molecule has 0 aliphatic heterocycles. The highest BCUT2D eigenvalue weighted by atomic mass is 19.3. The van der Waals surface area contributed by atoms with Crippen LogP contribution < -0.4 is 5.11 Å². The summed E-state index contributed by atoms with van der Waals surface area (Å²) in [5.41, 5.74) is 0. The Balaban J connectivity index is 4.30. The molecule has 64 valence electrons.